The van der Waals surface area contributed by atoms with Crippen molar-refractivity contribution in [1.82, 2.24) is 14.5 Å². The molecule has 19 heavy (non-hydrogen) atoms. The molecule has 2 heterocycles. The quantitative estimate of drug-likeness (QED) is 0.897. The van der Waals surface area contributed by atoms with Crippen molar-refractivity contribution < 1.29 is 0 Å². The molecule has 0 unspecified atom stereocenters. The largest absolute Gasteiger partial charge is 0.367 e. The highest BCUT2D eigenvalue weighted by Crippen LogP contribution is 2.18. The van der Waals surface area contributed by atoms with Gasteiger partial charge in [-0.05, 0) is 26.3 Å². The molecule has 2 rings (SSSR count). The second-order valence-corrected chi connectivity index (χ2v) is 4.94. The van der Waals surface area contributed by atoms with E-state index in [9.17, 15) is 4.79 Å². The fraction of sp³-hybridized carbons (Fsp3) is 0.500. The zero-order valence-corrected chi connectivity index (χ0v) is 11.7. The Balaban J connectivity index is 2.56. The zero-order chi connectivity index (χ0) is 13.8. The van der Waals surface area contributed by atoms with Gasteiger partial charge in [0.05, 0.1) is 5.39 Å². The van der Waals surface area contributed by atoms with Gasteiger partial charge in [0, 0.05) is 18.7 Å². The lowest BCUT2D eigenvalue weighted by atomic mass is 10.2. The Kier molecular flexibility index (Phi) is 4.14. The first-order valence-electron chi connectivity index (χ1n) is 6.74. The molecule has 0 atom stereocenters. The molecule has 0 bridgehead atoms. The van der Waals surface area contributed by atoms with Crippen molar-refractivity contribution in [3.8, 4) is 0 Å². The molecule has 0 aromatic carbocycles. The Labute approximate surface area is 112 Å². The summed E-state index contributed by atoms with van der Waals surface area (Å²) in [5.41, 5.74) is 0.703. The van der Waals surface area contributed by atoms with Crippen molar-refractivity contribution in [2.24, 2.45) is 0 Å². The van der Waals surface area contributed by atoms with Crippen LogP contribution in [0.4, 0.5) is 5.82 Å². The molecule has 5 heteroatoms. The lowest BCUT2D eigenvalue weighted by Gasteiger charge is -2.13. The van der Waals surface area contributed by atoms with Crippen LogP contribution in [0.2, 0.25) is 0 Å². The van der Waals surface area contributed by atoms with E-state index in [0.29, 0.717) is 12.2 Å². The first-order valence-corrected chi connectivity index (χ1v) is 6.74. The number of unbranched alkanes of at least 4 members (excludes halogenated alkanes) is 1. The van der Waals surface area contributed by atoms with Crippen LogP contribution in [-0.2, 0) is 6.54 Å². The van der Waals surface area contributed by atoms with Crippen LogP contribution in [0.1, 0.15) is 33.6 Å². The van der Waals surface area contributed by atoms with Crippen LogP contribution in [0, 0.1) is 0 Å². The minimum absolute atomic E-state index is 0.00449. The topological polar surface area (TPSA) is 59.8 Å². The second-order valence-electron chi connectivity index (χ2n) is 4.94. The third kappa shape index (κ3) is 2.92. The van der Waals surface area contributed by atoms with Crippen molar-refractivity contribution in [3.63, 3.8) is 0 Å². The van der Waals surface area contributed by atoms with Crippen LogP contribution in [-0.4, -0.2) is 20.6 Å². The van der Waals surface area contributed by atoms with E-state index in [4.69, 9.17) is 0 Å². The molecule has 0 fully saturated rings. The molecule has 0 aliphatic rings. The summed E-state index contributed by atoms with van der Waals surface area (Å²) < 4.78 is 1.73. The lowest BCUT2D eigenvalue weighted by Crippen LogP contribution is -2.21. The first-order chi connectivity index (χ1) is 9.13. The Morgan fingerprint density at radius 3 is 2.79 bits per heavy atom. The van der Waals surface area contributed by atoms with E-state index in [1.54, 1.807) is 16.7 Å². The average molecular weight is 260 g/mol. The predicted octanol–water partition coefficient (Wildman–Crippen LogP) is 2.41. The van der Waals surface area contributed by atoms with Gasteiger partial charge in [0.25, 0.3) is 5.56 Å². The molecule has 0 saturated heterocycles. The number of anilines is 1. The van der Waals surface area contributed by atoms with Gasteiger partial charge in [-0.15, -0.1) is 0 Å². The predicted molar refractivity (Wildman–Crippen MR) is 77.5 cm³/mol. The number of hydrogen-bond acceptors (Lipinski definition) is 4. The molecule has 102 valence electrons. The van der Waals surface area contributed by atoms with Crippen molar-refractivity contribution >= 4 is 16.9 Å². The van der Waals surface area contributed by atoms with Crippen LogP contribution < -0.4 is 10.9 Å². The summed E-state index contributed by atoms with van der Waals surface area (Å²) in [6, 6.07) is 3.67. The maximum atomic E-state index is 12.0. The number of fused-ring (bicyclic) bond motifs is 1. The fourth-order valence-electron chi connectivity index (χ4n) is 2.02. The zero-order valence-electron chi connectivity index (χ0n) is 11.7. The Bertz CT molecular complexity index is 618. The van der Waals surface area contributed by atoms with Gasteiger partial charge in [-0.2, -0.15) is 0 Å². The highest BCUT2D eigenvalue weighted by atomic mass is 16.1. The maximum absolute atomic E-state index is 12.0. The molecule has 0 spiro atoms. The number of aryl methyl sites for hydroxylation is 1. The van der Waals surface area contributed by atoms with Gasteiger partial charge in [0.1, 0.15) is 17.8 Å². The molecule has 0 amide bonds. The van der Waals surface area contributed by atoms with Crippen LogP contribution in [0.15, 0.2) is 23.3 Å². The molecular formula is C14H20N4O. The van der Waals surface area contributed by atoms with E-state index in [2.05, 4.69) is 36.1 Å². The van der Waals surface area contributed by atoms with Gasteiger partial charge in [-0.1, -0.05) is 13.3 Å². The molecule has 0 aliphatic carbocycles. The van der Waals surface area contributed by atoms with Crippen LogP contribution >= 0.6 is 0 Å². The third-order valence-corrected chi connectivity index (χ3v) is 2.94. The van der Waals surface area contributed by atoms with Gasteiger partial charge in [0.2, 0.25) is 0 Å². The second kappa shape index (κ2) is 5.82. The molecule has 0 radical (unpaired) electrons. The molecule has 2 aromatic rings. The summed E-state index contributed by atoms with van der Waals surface area (Å²) in [5.74, 6) is 0.783. The Morgan fingerprint density at radius 2 is 2.11 bits per heavy atom. The van der Waals surface area contributed by atoms with Crippen molar-refractivity contribution in [2.45, 2.75) is 46.2 Å². The van der Waals surface area contributed by atoms with Gasteiger partial charge in [-0.3, -0.25) is 9.36 Å². The summed E-state index contributed by atoms with van der Waals surface area (Å²) in [4.78, 5) is 20.5. The normalized spacial score (nSPS) is 11.2. The molecular weight excluding hydrogens is 240 g/mol. The van der Waals surface area contributed by atoms with Crippen molar-refractivity contribution in [1.29, 1.82) is 0 Å². The summed E-state index contributed by atoms with van der Waals surface area (Å²) in [6.07, 6.45) is 3.52. The van der Waals surface area contributed by atoms with Crippen LogP contribution in [0.5, 0.6) is 0 Å². The Hall–Kier alpha value is -1.91. The minimum atomic E-state index is -0.00449. The summed E-state index contributed by atoms with van der Waals surface area (Å²) in [7, 11) is 0. The van der Waals surface area contributed by atoms with E-state index < -0.39 is 0 Å². The fourth-order valence-corrected chi connectivity index (χ4v) is 2.02. The van der Waals surface area contributed by atoms with E-state index in [1.807, 2.05) is 0 Å². The Morgan fingerprint density at radius 1 is 1.32 bits per heavy atom. The highest BCUT2D eigenvalue weighted by molar-refractivity contribution is 5.86. The van der Waals surface area contributed by atoms with Crippen LogP contribution in [0.25, 0.3) is 11.0 Å². The number of nitrogens with zero attached hydrogens (tertiary/aromatic N) is 3. The molecule has 1 N–H and O–H groups in total. The van der Waals surface area contributed by atoms with Gasteiger partial charge in [-0.25, -0.2) is 9.97 Å². The molecule has 0 aliphatic heterocycles. The molecule has 2 aromatic heterocycles. The van der Waals surface area contributed by atoms with E-state index in [-0.39, 0.29) is 11.6 Å². The average Bonchev–Trinajstić information content (AvgIpc) is 2.37. The standard InChI is InChI=1S/C14H20N4O/c1-4-5-8-18-12(19)7-6-11-13(17-10(2)3)15-9-16-14(11)18/h6-7,9-10H,4-5,8H2,1-3H3,(H,15,16,17). The SMILES string of the molecule is CCCCn1c(=O)ccc2c(NC(C)C)ncnc21. The number of aromatic nitrogens is 3. The summed E-state index contributed by atoms with van der Waals surface area (Å²) in [5, 5.41) is 4.18. The third-order valence-electron chi connectivity index (χ3n) is 2.94. The van der Waals surface area contributed by atoms with E-state index in [1.165, 1.54) is 6.33 Å². The number of hydrogen-bond donors (Lipinski definition) is 1. The van der Waals surface area contributed by atoms with E-state index >= 15 is 0 Å². The monoisotopic (exact) mass is 260 g/mol. The summed E-state index contributed by atoms with van der Waals surface area (Å²) in [6.45, 7) is 6.92. The van der Waals surface area contributed by atoms with Gasteiger partial charge >= 0.3 is 0 Å². The summed E-state index contributed by atoms with van der Waals surface area (Å²) >= 11 is 0. The first kappa shape index (κ1) is 13.5. The lowest BCUT2D eigenvalue weighted by molar-refractivity contribution is 0.627. The van der Waals surface area contributed by atoms with E-state index in [0.717, 1.165) is 24.0 Å². The molecule has 0 saturated carbocycles. The maximum Gasteiger partial charge on any atom is 0.252 e. The molecule has 5 nitrogen and oxygen atoms in total. The highest BCUT2D eigenvalue weighted by Gasteiger charge is 2.09. The van der Waals surface area contributed by atoms with Gasteiger partial charge in [0.15, 0.2) is 0 Å². The smallest absolute Gasteiger partial charge is 0.252 e. The van der Waals surface area contributed by atoms with Gasteiger partial charge < -0.3 is 5.32 Å². The number of nitrogens with one attached hydrogen (secondary N) is 1. The van der Waals surface area contributed by atoms with Crippen LogP contribution in [0.3, 0.4) is 0 Å². The van der Waals surface area contributed by atoms with Crippen molar-refractivity contribution in [2.75, 3.05) is 5.32 Å². The number of rotatable bonds is 5. The van der Waals surface area contributed by atoms with Crippen molar-refractivity contribution in [3.05, 3.63) is 28.8 Å². The number of pyridine rings is 1. The minimum Gasteiger partial charge on any atom is -0.367 e.